The molecule has 2 amide bonds. The molecule has 1 aliphatic rings. The number of nitrogens with one attached hydrogen (secondary N) is 1. The Labute approximate surface area is 220 Å². The fourth-order valence-electron chi connectivity index (χ4n) is 3.62. The van der Waals surface area contributed by atoms with E-state index in [4.69, 9.17) is 23.7 Å². The molecule has 13 heteroatoms. The molecule has 0 unspecified atom stereocenters. The molecular formula is C25H30N6O7. The predicted molar refractivity (Wildman–Crippen MR) is 135 cm³/mol. The molecule has 1 N–H and O–H groups in total. The maximum absolute atomic E-state index is 13.0. The Hall–Kier alpha value is -4.05. The lowest BCUT2D eigenvalue weighted by atomic mass is 10.1. The third-order valence-corrected chi connectivity index (χ3v) is 5.67. The number of nitrogens with zero attached hydrogens (tertiary/aromatic N) is 5. The zero-order valence-electron chi connectivity index (χ0n) is 21.7. The van der Waals surface area contributed by atoms with Crippen molar-refractivity contribution in [3.05, 3.63) is 46.9 Å². The van der Waals surface area contributed by atoms with E-state index in [2.05, 4.69) is 15.3 Å². The summed E-state index contributed by atoms with van der Waals surface area (Å²) < 4.78 is 26.8. The van der Waals surface area contributed by atoms with E-state index >= 15 is 0 Å². The molecule has 1 saturated heterocycles. The number of morpholine rings is 1. The van der Waals surface area contributed by atoms with Gasteiger partial charge in [0.25, 0.3) is 0 Å². The van der Waals surface area contributed by atoms with Crippen LogP contribution in [0.25, 0.3) is 0 Å². The van der Waals surface area contributed by atoms with Gasteiger partial charge in [-0.3, -0.25) is 10.2 Å². The van der Waals surface area contributed by atoms with Crippen LogP contribution in [-0.2, 0) is 30.3 Å². The summed E-state index contributed by atoms with van der Waals surface area (Å²) in [7, 11) is 6.05. The summed E-state index contributed by atoms with van der Waals surface area (Å²) in [5, 5.41) is 12.0. The van der Waals surface area contributed by atoms with Gasteiger partial charge in [0.15, 0.2) is 0 Å². The largest absolute Gasteiger partial charge is 0.490 e. The van der Waals surface area contributed by atoms with Crippen LogP contribution in [0.15, 0.2) is 30.1 Å². The van der Waals surface area contributed by atoms with Crippen molar-refractivity contribution in [3.63, 3.8) is 0 Å². The van der Waals surface area contributed by atoms with E-state index in [0.29, 0.717) is 43.5 Å². The van der Waals surface area contributed by atoms with Crippen LogP contribution in [0.2, 0.25) is 0 Å². The van der Waals surface area contributed by atoms with E-state index in [1.54, 1.807) is 19.2 Å². The molecule has 0 aromatic carbocycles. The van der Waals surface area contributed by atoms with E-state index in [1.807, 2.05) is 16.9 Å². The highest BCUT2D eigenvalue weighted by Crippen LogP contribution is 2.26. The third-order valence-electron chi connectivity index (χ3n) is 5.67. The van der Waals surface area contributed by atoms with Crippen molar-refractivity contribution in [2.24, 2.45) is 0 Å². The number of hydrogen-bond acceptors (Lipinski definition) is 11. The SMILES string of the molecule is COCCOc1cc(NC(=O)N(C)c2ccc(CN3CCOCC3=C=O)c(C(OC)OC)n2)ncc1C#N. The standard InChI is InChI=1S/C25H30N6O7/c1-30(25(33)28-21-11-20(38-10-9-34-2)18(12-26)13-27-21)22-6-5-17(23(29-22)24(35-3)36-4)14-31-7-8-37-16-19(31)15-32/h5-6,11,13,24H,7-10,14,16H2,1-4H3,(H,27,28,33). The van der Waals surface area contributed by atoms with Gasteiger partial charge in [0.05, 0.1) is 26.0 Å². The first-order valence-corrected chi connectivity index (χ1v) is 11.6. The van der Waals surface area contributed by atoms with Crippen LogP contribution in [0.4, 0.5) is 16.4 Å². The van der Waals surface area contributed by atoms with Crippen LogP contribution < -0.4 is 15.0 Å². The van der Waals surface area contributed by atoms with Crippen LogP contribution in [0.1, 0.15) is 23.1 Å². The van der Waals surface area contributed by atoms with Crippen LogP contribution >= 0.6 is 0 Å². The Morgan fingerprint density at radius 3 is 2.76 bits per heavy atom. The number of pyridine rings is 2. The maximum Gasteiger partial charge on any atom is 0.328 e. The highest BCUT2D eigenvalue weighted by atomic mass is 16.7. The zero-order valence-corrected chi connectivity index (χ0v) is 21.7. The van der Waals surface area contributed by atoms with E-state index in [-0.39, 0.29) is 30.3 Å². The Bertz CT molecular complexity index is 1210. The number of rotatable bonds is 11. The topological polar surface area (TPSA) is 148 Å². The van der Waals surface area contributed by atoms with Crippen molar-refractivity contribution in [1.82, 2.24) is 14.9 Å². The second-order valence-electron chi connectivity index (χ2n) is 8.05. The normalized spacial score (nSPS) is 13.2. The number of carbonyl (C=O) groups is 1. The van der Waals surface area contributed by atoms with Crippen molar-refractivity contribution in [1.29, 1.82) is 5.26 Å². The highest BCUT2D eigenvalue weighted by Gasteiger charge is 2.24. The molecule has 2 aromatic rings. The van der Waals surface area contributed by atoms with Crippen LogP contribution in [0.3, 0.4) is 0 Å². The van der Waals surface area contributed by atoms with Crippen LogP contribution in [0, 0.1) is 11.3 Å². The van der Waals surface area contributed by atoms with Gasteiger partial charge in [-0.05, 0) is 11.6 Å². The molecule has 0 saturated carbocycles. The second kappa shape index (κ2) is 14.0. The Morgan fingerprint density at radius 1 is 1.29 bits per heavy atom. The molecule has 13 nitrogen and oxygen atoms in total. The Kier molecular flexibility index (Phi) is 10.5. The van der Waals surface area contributed by atoms with E-state index in [9.17, 15) is 14.9 Å². The van der Waals surface area contributed by atoms with Gasteiger partial charge >= 0.3 is 6.03 Å². The van der Waals surface area contributed by atoms with E-state index < -0.39 is 12.3 Å². The summed E-state index contributed by atoms with van der Waals surface area (Å²) in [6, 6.07) is 6.42. The van der Waals surface area contributed by atoms with Gasteiger partial charge in [-0.25, -0.2) is 19.6 Å². The molecule has 0 radical (unpaired) electrons. The fraction of sp³-hybridized carbons (Fsp3) is 0.440. The van der Waals surface area contributed by atoms with Gasteiger partial charge in [0.2, 0.25) is 6.29 Å². The minimum absolute atomic E-state index is 0.188. The van der Waals surface area contributed by atoms with Gasteiger partial charge in [-0.2, -0.15) is 5.26 Å². The molecule has 3 heterocycles. The zero-order chi connectivity index (χ0) is 27.5. The first-order valence-electron chi connectivity index (χ1n) is 11.6. The minimum atomic E-state index is -0.807. The fourth-order valence-corrected chi connectivity index (χ4v) is 3.62. The molecule has 1 fully saturated rings. The van der Waals surface area contributed by atoms with E-state index in [1.165, 1.54) is 38.5 Å². The number of nitriles is 1. The molecule has 2 aromatic heterocycles. The molecule has 0 atom stereocenters. The average Bonchev–Trinajstić information content (AvgIpc) is 2.94. The van der Waals surface area contributed by atoms with Crippen LogP contribution in [0.5, 0.6) is 5.75 Å². The molecule has 202 valence electrons. The van der Waals surface area contributed by atoms with Gasteiger partial charge in [-0.1, -0.05) is 6.07 Å². The Balaban J connectivity index is 1.82. The highest BCUT2D eigenvalue weighted by molar-refractivity contribution is 6.00. The monoisotopic (exact) mass is 526 g/mol. The summed E-state index contributed by atoms with van der Waals surface area (Å²) in [6.07, 6.45) is 0.510. The lowest BCUT2D eigenvalue weighted by molar-refractivity contribution is -0.109. The van der Waals surface area contributed by atoms with Crippen LogP contribution in [-0.4, -0.2) is 88.2 Å². The molecular weight excluding hydrogens is 496 g/mol. The van der Waals surface area contributed by atoms with Gasteiger partial charge in [0.1, 0.15) is 53.0 Å². The smallest absolute Gasteiger partial charge is 0.328 e. The molecule has 38 heavy (non-hydrogen) atoms. The van der Waals surface area contributed by atoms with E-state index in [0.717, 1.165) is 5.56 Å². The first-order chi connectivity index (χ1) is 18.4. The second-order valence-corrected chi connectivity index (χ2v) is 8.05. The predicted octanol–water partition coefficient (Wildman–Crippen LogP) is 1.88. The third kappa shape index (κ3) is 7.04. The number of ether oxygens (including phenoxy) is 5. The number of methoxy groups -OCH3 is 3. The summed E-state index contributed by atoms with van der Waals surface area (Å²) >= 11 is 0. The molecule has 3 rings (SSSR count). The molecule has 0 aliphatic carbocycles. The lowest BCUT2D eigenvalue weighted by Crippen LogP contribution is -2.35. The number of amides is 2. The number of urea groups is 1. The van der Waals surface area contributed by atoms with Crippen molar-refractivity contribution >= 4 is 23.6 Å². The minimum Gasteiger partial charge on any atom is -0.490 e. The first kappa shape index (κ1) is 28.5. The molecule has 0 bridgehead atoms. The molecule has 0 spiro atoms. The summed E-state index contributed by atoms with van der Waals surface area (Å²) in [5.41, 5.74) is 1.84. The quantitative estimate of drug-likeness (QED) is 0.260. The van der Waals surface area contributed by atoms with Gasteiger partial charge < -0.3 is 28.6 Å². The van der Waals surface area contributed by atoms with Crippen molar-refractivity contribution in [3.8, 4) is 11.8 Å². The van der Waals surface area contributed by atoms with Crippen molar-refractivity contribution in [2.45, 2.75) is 12.8 Å². The number of aromatic nitrogens is 2. The Morgan fingerprint density at radius 2 is 2.08 bits per heavy atom. The van der Waals surface area contributed by atoms with Crippen molar-refractivity contribution < 1.29 is 33.3 Å². The van der Waals surface area contributed by atoms with Gasteiger partial charge in [-0.15, -0.1) is 0 Å². The summed E-state index contributed by atoms with van der Waals surface area (Å²) in [5.74, 6) is 2.71. The number of hydrogen-bond donors (Lipinski definition) is 1. The lowest BCUT2D eigenvalue weighted by Gasteiger charge is -2.30. The number of carbonyl (C=O) groups excluding carboxylic acids is 2. The maximum atomic E-state index is 13.0. The van der Waals surface area contributed by atoms with Crippen molar-refractivity contribution in [2.75, 3.05) is 71.6 Å². The van der Waals surface area contributed by atoms with Gasteiger partial charge in [0, 0.05) is 47.5 Å². The average molecular weight is 527 g/mol. The number of anilines is 2. The summed E-state index contributed by atoms with van der Waals surface area (Å²) in [6.45, 7) is 2.12. The molecule has 1 aliphatic heterocycles. The summed E-state index contributed by atoms with van der Waals surface area (Å²) in [4.78, 5) is 36.3.